The Morgan fingerprint density at radius 1 is 0.893 bits per heavy atom. The molecule has 0 aliphatic heterocycles. The van der Waals surface area contributed by atoms with Gasteiger partial charge in [0, 0.05) is 16.1 Å². The molecule has 0 amide bonds. The summed E-state index contributed by atoms with van der Waals surface area (Å²) in [5.74, 6) is 0.549. The molecule has 0 aliphatic carbocycles. The SMILES string of the molecule is O=S(=O)(c1cccc(Br)c1)c1ccc(OCc2ccccc2)c2ncccc12. The molecule has 0 saturated heterocycles. The van der Waals surface area contributed by atoms with Gasteiger partial charge in [0.1, 0.15) is 17.9 Å². The highest BCUT2D eigenvalue weighted by Crippen LogP contribution is 2.33. The quantitative estimate of drug-likeness (QED) is 0.405. The van der Waals surface area contributed by atoms with Gasteiger partial charge < -0.3 is 4.74 Å². The lowest BCUT2D eigenvalue weighted by Crippen LogP contribution is -2.04. The second kappa shape index (κ2) is 7.73. The minimum Gasteiger partial charge on any atom is -0.487 e. The Morgan fingerprint density at radius 3 is 2.50 bits per heavy atom. The van der Waals surface area contributed by atoms with E-state index in [1.165, 1.54) is 0 Å². The molecule has 0 aliphatic rings. The van der Waals surface area contributed by atoms with E-state index in [9.17, 15) is 8.42 Å². The average Bonchev–Trinajstić information content (AvgIpc) is 2.72. The van der Waals surface area contributed by atoms with Crippen LogP contribution in [0.3, 0.4) is 0 Å². The van der Waals surface area contributed by atoms with E-state index in [1.54, 1.807) is 54.7 Å². The number of sulfone groups is 1. The van der Waals surface area contributed by atoms with Crippen molar-refractivity contribution < 1.29 is 13.2 Å². The van der Waals surface area contributed by atoms with E-state index in [4.69, 9.17) is 4.74 Å². The maximum Gasteiger partial charge on any atom is 0.207 e. The molecule has 4 nitrogen and oxygen atoms in total. The van der Waals surface area contributed by atoms with Crippen molar-refractivity contribution in [2.24, 2.45) is 0 Å². The Balaban J connectivity index is 1.77. The van der Waals surface area contributed by atoms with Crippen LogP contribution >= 0.6 is 15.9 Å². The van der Waals surface area contributed by atoms with Gasteiger partial charge in [0.15, 0.2) is 0 Å². The highest BCUT2D eigenvalue weighted by Gasteiger charge is 2.22. The zero-order valence-corrected chi connectivity index (χ0v) is 17.2. The Hall–Kier alpha value is -2.70. The predicted octanol–water partition coefficient (Wildman–Crippen LogP) is 5.41. The van der Waals surface area contributed by atoms with Crippen LogP contribution in [0.4, 0.5) is 0 Å². The van der Waals surface area contributed by atoms with Crippen LogP contribution < -0.4 is 4.74 Å². The van der Waals surface area contributed by atoms with Crippen LogP contribution in [0.25, 0.3) is 10.9 Å². The molecule has 140 valence electrons. The summed E-state index contributed by atoms with van der Waals surface area (Å²) in [6, 6.07) is 23.2. The third-order valence-electron chi connectivity index (χ3n) is 4.33. The van der Waals surface area contributed by atoms with Crippen LogP contribution in [0, 0.1) is 0 Å². The van der Waals surface area contributed by atoms with Crippen molar-refractivity contribution in [1.82, 2.24) is 4.98 Å². The van der Waals surface area contributed by atoms with Gasteiger partial charge in [-0.3, -0.25) is 4.98 Å². The molecule has 0 bridgehead atoms. The fourth-order valence-electron chi connectivity index (χ4n) is 2.97. The van der Waals surface area contributed by atoms with Crippen LogP contribution in [-0.2, 0) is 16.4 Å². The number of pyridine rings is 1. The van der Waals surface area contributed by atoms with E-state index >= 15 is 0 Å². The molecule has 6 heteroatoms. The number of hydrogen-bond acceptors (Lipinski definition) is 4. The largest absolute Gasteiger partial charge is 0.487 e. The summed E-state index contributed by atoms with van der Waals surface area (Å²) in [7, 11) is -3.70. The lowest BCUT2D eigenvalue weighted by atomic mass is 10.2. The van der Waals surface area contributed by atoms with Crippen molar-refractivity contribution in [3.8, 4) is 5.75 Å². The van der Waals surface area contributed by atoms with E-state index in [2.05, 4.69) is 20.9 Å². The van der Waals surface area contributed by atoms with Crippen LogP contribution in [0.15, 0.2) is 99.3 Å². The number of rotatable bonds is 5. The molecule has 0 radical (unpaired) electrons. The maximum atomic E-state index is 13.2. The monoisotopic (exact) mass is 453 g/mol. The van der Waals surface area contributed by atoms with Crippen molar-refractivity contribution in [1.29, 1.82) is 0 Å². The van der Waals surface area contributed by atoms with Gasteiger partial charge in [-0.25, -0.2) is 8.42 Å². The topological polar surface area (TPSA) is 56.3 Å². The molecular formula is C22H16BrNO3S. The first kappa shape index (κ1) is 18.7. The smallest absolute Gasteiger partial charge is 0.207 e. The highest BCUT2D eigenvalue weighted by molar-refractivity contribution is 9.10. The second-order valence-electron chi connectivity index (χ2n) is 6.20. The Kier molecular flexibility index (Phi) is 5.15. The summed E-state index contributed by atoms with van der Waals surface area (Å²) in [5.41, 5.74) is 1.55. The van der Waals surface area contributed by atoms with Crippen molar-refractivity contribution in [3.05, 3.63) is 95.1 Å². The first-order valence-electron chi connectivity index (χ1n) is 8.61. The van der Waals surface area contributed by atoms with Gasteiger partial charge in [-0.2, -0.15) is 0 Å². The molecule has 1 aromatic heterocycles. The zero-order valence-electron chi connectivity index (χ0n) is 14.7. The molecule has 0 unspecified atom stereocenters. The van der Waals surface area contributed by atoms with Crippen LogP contribution in [0.2, 0.25) is 0 Å². The molecule has 0 fully saturated rings. The summed E-state index contributed by atoms with van der Waals surface area (Å²) in [6.45, 7) is 0.379. The first-order chi connectivity index (χ1) is 13.6. The number of ether oxygens (including phenoxy) is 1. The lowest BCUT2D eigenvalue weighted by molar-refractivity contribution is 0.309. The van der Waals surface area contributed by atoms with Gasteiger partial charge in [-0.1, -0.05) is 52.3 Å². The molecule has 4 aromatic rings. The Bertz CT molecular complexity index is 1240. The maximum absolute atomic E-state index is 13.2. The normalized spacial score (nSPS) is 11.5. The van der Waals surface area contributed by atoms with Crippen LogP contribution in [0.5, 0.6) is 5.75 Å². The number of aromatic nitrogens is 1. The molecular weight excluding hydrogens is 438 g/mol. The van der Waals surface area contributed by atoms with Crippen molar-refractivity contribution in [3.63, 3.8) is 0 Å². The summed E-state index contributed by atoms with van der Waals surface area (Å²) in [6.07, 6.45) is 1.63. The van der Waals surface area contributed by atoms with E-state index in [1.807, 2.05) is 30.3 Å². The van der Waals surface area contributed by atoms with E-state index < -0.39 is 9.84 Å². The van der Waals surface area contributed by atoms with Gasteiger partial charge in [-0.05, 0) is 48.0 Å². The molecule has 0 spiro atoms. The minimum absolute atomic E-state index is 0.209. The molecule has 0 saturated carbocycles. The number of hydrogen-bond donors (Lipinski definition) is 0. The summed E-state index contributed by atoms with van der Waals surface area (Å²) < 4.78 is 33.0. The summed E-state index contributed by atoms with van der Waals surface area (Å²) in [4.78, 5) is 4.82. The van der Waals surface area contributed by atoms with Crippen molar-refractivity contribution >= 4 is 36.7 Å². The van der Waals surface area contributed by atoms with Gasteiger partial charge in [0.05, 0.1) is 9.79 Å². The summed E-state index contributed by atoms with van der Waals surface area (Å²) in [5, 5.41) is 0.535. The fourth-order valence-corrected chi connectivity index (χ4v) is 5.01. The van der Waals surface area contributed by atoms with Crippen LogP contribution in [-0.4, -0.2) is 13.4 Å². The number of benzene rings is 3. The third-order valence-corrected chi connectivity index (χ3v) is 6.63. The van der Waals surface area contributed by atoms with Crippen molar-refractivity contribution in [2.45, 2.75) is 16.4 Å². The minimum atomic E-state index is -3.70. The summed E-state index contributed by atoms with van der Waals surface area (Å²) >= 11 is 3.33. The lowest BCUT2D eigenvalue weighted by Gasteiger charge is -2.13. The molecule has 1 heterocycles. The van der Waals surface area contributed by atoms with Gasteiger partial charge in [0.25, 0.3) is 0 Å². The fraction of sp³-hybridized carbons (Fsp3) is 0.0455. The zero-order chi connectivity index (χ0) is 19.6. The molecule has 28 heavy (non-hydrogen) atoms. The van der Waals surface area contributed by atoms with Gasteiger partial charge in [-0.15, -0.1) is 0 Å². The van der Waals surface area contributed by atoms with Crippen molar-refractivity contribution in [2.75, 3.05) is 0 Å². The standard InChI is InChI=1S/C22H16BrNO3S/c23-17-8-4-9-18(14-17)28(25,26)21-12-11-20(22-19(21)10-5-13-24-22)27-15-16-6-2-1-3-7-16/h1-14H,15H2. The number of halogens is 1. The number of fused-ring (bicyclic) bond motifs is 1. The molecule has 3 aromatic carbocycles. The second-order valence-corrected chi connectivity index (χ2v) is 9.03. The predicted molar refractivity (Wildman–Crippen MR) is 112 cm³/mol. The van der Waals surface area contributed by atoms with Gasteiger partial charge >= 0.3 is 0 Å². The van der Waals surface area contributed by atoms with Gasteiger partial charge in [0.2, 0.25) is 9.84 Å². The first-order valence-corrected chi connectivity index (χ1v) is 10.9. The Labute approximate surface area is 171 Å². The van der Waals surface area contributed by atoms with Crippen LogP contribution in [0.1, 0.15) is 5.56 Å². The highest BCUT2D eigenvalue weighted by atomic mass is 79.9. The molecule has 4 rings (SSSR count). The average molecular weight is 454 g/mol. The third kappa shape index (κ3) is 3.66. The number of nitrogens with zero attached hydrogens (tertiary/aromatic N) is 1. The van der Waals surface area contributed by atoms with E-state index in [0.717, 1.165) is 5.56 Å². The molecule has 0 N–H and O–H groups in total. The van der Waals surface area contributed by atoms with E-state index in [0.29, 0.717) is 27.7 Å². The molecule has 0 atom stereocenters. The van der Waals surface area contributed by atoms with E-state index in [-0.39, 0.29) is 9.79 Å². The Morgan fingerprint density at radius 2 is 1.71 bits per heavy atom.